The molecule has 0 spiro atoms. The van der Waals surface area contributed by atoms with E-state index in [-0.39, 0.29) is 0 Å². The topological polar surface area (TPSA) is 238 Å². The molecule has 10 atom stereocenters. The smallest absolute Gasteiger partial charge is 0.305 e. The van der Waals surface area contributed by atoms with E-state index in [1.165, 1.54) is 0 Å². The fourth-order valence-corrected chi connectivity index (χ4v) is 4.73. The van der Waals surface area contributed by atoms with Gasteiger partial charge in [-0.05, 0) is 0 Å². The van der Waals surface area contributed by atoms with E-state index in [1.54, 1.807) is 0 Å². The molecule has 19 nitrogen and oxygen atoms in total. The number of hydrogen-bond acceptors (Lipinski definition) is 19. The molecule has 0 aliphatic carbocycles. The lowest BCUT2D eigenvalue weighted by Gasteiger charge is -2.48. The van der Waals surface area contributed by atoms with Crippen LogP contribution in [-0.2, 0) is 90.5 Å². The minimum Gasteiger partial charge on any atom is -0.463 e. The maximum Gasteiger partial charge on any atom is 0.305 e. The van der Waals surface area contributed by atoms with E-state index in [1.807, 2.05) is 0 Å². The summed E-state index contributed by atoms with van der Waals surface area (Å²) in [5.74, 6) is -7.04. The van der Waals surface area contributed by atoms with Crippen LogP contribution in [0.2, 0.25) is 0 Å². The van der Waals surface area contributed by atoms with E-state index < -0.39 is 122 Å². The van der Waals surface area contributed by atoms with Crippen molar-refractivity contribution >= 4 is 47.8 Å². The van der Waals surface area contributed by atoms with Gasteiger partial charge >= 0.3 is 47.8 Å². The third-order valence-electron chi connectivity index (χ3n) is 6.17. The first kappa shape index (κ1) is 38.8. The summed E-state index contributed by atoms with van der Waals surface area (Å²) in [7, 11) is 0. The minimum absolute atomic E-state index is 0.587. The number of carbonyl (C=O) groups excluding carboxylic acids is 8. The van der Waals surface area contributed by atoms with Gasteiger partial charge in [0.2, 0.25) is 6.29 Å². The lowest BCUT2D eigenvalue weighted by atomic mass is 9.96. The predicted molar refractivity (Wildman–Crippen MR) is 145 cm³/mol. The molecule has 2 heterocycles. The van der Waals surface area contributed by atoms with Gasteiger partial charge in [0.25, 0.3) is 0 Å². The Morgan fingerprint density at radius 1 is 0.383 bits per heavy atom. The average Bonchev–Trinajstić information content (AvgIpc) is 2.91. The highest BCUT2D eigenvalue weighted by atomic mass is 16.8. The first-order valence-corrected chi connectivity index (χ1v) is 14.2. The first-order chi connectivity index (χ1) is 21.9. The van der Waals surface area contributed by atoms with Crippen molar-refractivity contribution in [2.24, 2.45) is 0 Å². The van der Waals surface area contributed by atoms with Crippen molar-refractivity contribution in [1.29, 1.82) is 0 Å². The summed E-state index contributed by atoms with van der Waals surface area (Å²) in [6.45, 7) is 7.06. The molecule has 2 aliphatic heterocycles. The van der Waals surface area contributed by atoms with Gasteiger partial charge in [-0.15, -0.1) is 0 Å². The van der Waals surface area contributed by atoms with Crippen LogP contribution in [0.4, 0.5) is 0 Å². The second-order valence-electron chi connectivity index (χ2n) is 10.3. The molecule has 0 radical (unpaired) electrons. The van der Waals surface area contributed by atoms with Gasteiger partial charge in [0.15, 0.2) is 36.8 Å². The molecule has 2 saturated heterocycles. The third-order valence-corrected chi connectivity index (χ3v) is 6.17. The fraction of sp³-hybridized carbons (Fsp3) is 0.714. The molecule has 0 aromatic rings. The molecule has 0 N–H and O–H groups in total. The molecular formula is C28H38O19. The molecule has 264 valence electrons. The number of esters is 8. The quantitative estimate of drug-likeness (QED) is 0.181. The van der Waals surface area contributed by atoms with E-state index in [4.69, 9.17) is 52.1 Å². The summed E-state index contributed by atoms with van der Waals surface area (Å²) in [6, 6.07) is 0. The minimum atomic E-state index is -1.86. The van der Waals surface area contributed by atoms with Crippen LogP contribution in [0.1, 0.15) is 55.4 Å². The molecule has 47 heavy (non-hydrogen) atoms. The van der Waals surface area contributed by atoms with Gasteiger partial charge in [0.05, 0.1) is 0 Å². The summed E-state index contributed by atoms with van der Waals surface area (Å²) < 4.78 is 60.2. The van der Waals surface area contributed by atoms with Gasteiger partial charge in [0.1, 0.15) is 31.5 Å². The summed E-state index contributed by atoms with van der Waals surface area (Å²) in [4.78, 5) is 96.4. The van der Waals surface area contributed by atoms with Crippen LogP contribution in [0, 0.1) is 0 Å². The lowest BCUT2D eigenvalue weighted by molar-refractivity contribution is -0.358. The summed E-state index contributed by atoms with van der Waals surface area (Å²) in [5, 5.41) is 0. The number of hydrogen-bond donors (Lipinski definition) is 0. The van der Waals surface area contributed by atoms with Crippen molar-refractivity contribution in [2.75, 3.05) is 13.2 Å². The second-order valence-corrected chi connectivity index (χ2v) is 10.3. The maximum atomic E-state index is 12.3. The molecule has 0 unspecified atom stereocenters. The fourth-order valence-electron chi connectivity index (χ4n) is 4.73. The Hall–Kier alpha value is -4.36. The molecule has 0 bridgehead atoms. The first-order valence-electron chi connectivity index (χ1n) is 14.2. The van der Waals surface area contributed by atoms with Crippen LogP contribution in [0.3, 0.4) is 0 Å². The molecule has 2 fully saturated rings. The number of rotatable bonds is 12. The Labute approximate surface area is 268 Å². The van der Waals surface area contributed by atoms with E-state index in [9.17, 15) is 38.4 Å². The highest BCUT2D eigenvalue weighted by Gasteiger charge is 2.58. The second kappa shape index (κ2) is 17.5. The van der Waals surface area contributed by atoms with Crippen molar-refractivity contribution in [2.45, 2.75) is 117 Å². The molecule has 0 saturated carbocycles. The zero-order valence-corrected chi connectivity index (χ0v) is 26.9. The normalized spacial score (nSPS) is 30.0. The van der Waals surface area contributed by atoms with Crippen LogP contribution in [-0.4, -0.2) is 122 Å². The van der Waals surface area contributed by atoms with E-state index >= 15 is 0 Å². The molecule has 19 heteroatoms. The summed E-state index contributed by atoms with van der Waals surface area (Å²) >= 11 is 0. The summed E-state index contributed by atoms with van der Waals surface area (Å²) in [5.41, 5.74) is 0. The highest BCUT2D eigenvalue weighted by molar-refractivity contribution is 5.69. The van der Waals surface area contributed by atoms with Crippen molar-refractivity contribution in [1.82, 2.24) is 0 Å². The third kappa shape index (κ3) is 12.1. The molecular weight excluding hydrogens is 640 g/mol. The summed E-state index contributed by atoms with van der Waals surface area (Å²) in [6.07, 6.45) is -16.4. The number of ether oxygens (including phenoxy) is 11. The van der Waals surface area contributed by atoms with Gasteiger partial charge in [-0.1, -0.05) is 0 Å². The van der Waals surface area contributed by atoms with Gasteiger partial charge in [-0.3, -0.25) is 38.4 Å². The predicted octanol–water partition coefficient (Wildman–Crippen LogP) is -0.831. The molecule has 2 aliphatic rings. The zero-order valence-electron chi connectivity index (χ0n) is 26.9. The standard InChI is InChI=1S/C28H38O19/c1-11(29)37-9-19-21(39-13(3)31)23(41-15(5)33)25(42-16(6)34)28(46-19)47-24-22(40-14(4)32)20(10-38-12(2)30)45-27(44-18(8)36)26(24)43-17(7)35/h19-28H,9-10H2,1-8H3/t19-,20-,21+,22+,23+,24+,25-,26-,27+,28+/m1/s1. The van der Waals surface area contributed by atoms with Crippen LogP contribution >= 0.6 is 0 Å². The maximum absolute atomic E-state index is 12.3. The molecule has 0 amide bonds. The van der Waals surface area contributed by atoms with Crippen molar-refractivity contribution in [3.8, 4) is 0 Å². The number of carbonyl (C=O) groups is 8. The Balaban J connectivity index is 2.75. The monoisotopic (exact) mass is 678 g/mol. The van der Waals surface area contributed by atoms with Crippen LogP contribution in [0.15, 0.2) is 0 Å². The largest absolute Gasteiger partial charge is 0.463 e. The SMILES string of the molecule is CC(=O)OC[C@H]1O[C@@H](O[C@H]2[C@@H](OC(C)=O)[C@@H](COC(C)=O)O[C@H](OC(C)=O)[C@@H]2OC(C)=O)[C@H](OC(C)=O)[C@@H](OC(C)=O)[C@H]1OC(C)=O. The Kier molecular flexibility index (Phi) is 14.5. The molecule has 0 aromatic heterocycles. The average molecular weight is 679 g/mol. The van der Waals surface area contributed by atoms with Gasteiger partial charge < -0.3 is 52.1 Å². The van der Waals surface area contributed by atoms with Crippen molar-refractivity contribution < 1.29 is 90.5 Å². The zero-order chi connectivity index (χ0) is 35.6. The van der Waals surface area contributed by atoms with Crippen LogP contribution in [0.5, 0.6) is 0 Å². The van der Waals surface area contributed by atoms with E-state index in [0.717, 1.165) is 55.4 Å². The lowest BCUT2D eigenvalue weighted by Crippen LogP contribution is -2.67. The van der Waals surface area contributed by atoms with Gasteiger partial charge in [0, 0.05) is 55.4 Å². The van der Waals surface area contributed by atoms with Crippen LogP contribution < -0.4 is 0 Å². The highest BCUT2D eigenvalue weighted by Crippen LogP contribution is 2.35. The van der Waals surface area contributed by atoms with Crippen molar-refractivity contribution in [3.05, 3.63) is 0 Å². The Bertz CT molecular complexity index is 1200. The Morgan fingerprint density at radius 2 is 0.702 bits per heavy atom. The van der Waals surface area contributed by atoms with Gasteiger partial charge in [-0.2, -0.15) is 0 Å². The molecule has 2 rings (SSSR count). The van der Waals surface area contributed by atoms with Crippen molar-refractivity contribution in [3.63, 3.8) is 0 Å². The van der Waals surface area contributed by atoms with Gasteiger partial charge in [-0.25, -0.2) is 0 Å². The van der Waals surface area contributed by atoms with E-state index in [2.05, 4.69) is 0 Å². The van der Waals surface area contributed by atoms with E-state index in [0.29, 0.717) is 0 Å². The molecule has 0 aromatic carbocycles. The Morgan fingerprint density at radius 3 is 1.09 bits per heavy atom. The van der Waals surface area contributed by atoms with Crippen LogP contribution in [0.25, 0.3) is 0 Å².